The van der Waals surface area contributed by atoms with Gasteiger partial charge in [-0.3, -0.25) is 4.98 Å². The van der Waals surface area contributed by atoms with E-state index in [1.807, 2.05) is 30.3 Å². The lowest BCUT2D eigenvalue weighted by molar-refractivity contribution is 0.261. The maximum atomic E-state index is 5.97. The average molecular weight is 377 g/mol. The third-order valence-corrected chi connectivity index (χ3v) is 4.26. The van der Waals surface area contributed by atoms with Crippen LogP contribution in [0, 0.1) is 0 Å². The van der Waals surface area contributed by atoms with E-state index in [-0.39, 0.29) is 18.4 Å². The number of methoxy groups -OCH3 is 1. The summed E-state index contributed by atoms with van der Waals surface area (Å²) < 4.78 is 17.1. The molecule has 1 aromatic carbocycles. The van der Waals surface area contributed by atoms with Crippen LogP contribution in [0.15, 0.2) is 47.1 Å². The molecule has 0 saturated carbocycles. The zero-order valence-corrected chi connectivity index (χ0v) is 15.2. The number of hydrogen-bond acceptors (Lipinski definition) is 7. The molecule has 4 rings (SSSR count). The lowest BCUT2D eigenvalue weighted by Gasteiger charge is -2.34. The van der Waals surface area contributed by atoms with Crippen molar-refractivity contribution in [1.29, 1.82) is 0 Å². The predicted molar refractivity (Wildman–Crippen MR) is 102 cm³/mol. The number of aromatic nitrogens is 2. The van der Waals surface area contributed by atoms with E-state index in [0.29, 0.717) is 12.6 Å². The van der Waals surface area contributed by atoms with E-state index in [1.165, 1.54) is 0 Å². The van der Waals surface area contributed by atoms with E-state index < -0.39 is 0 Å². The number of pyridine rings is 1. The van der Waals surface area contributed by atoms with E-state index in [4.69, 9.17) is 13.9 Å². The zero-order chi connectivity index (χ0) is 17.1. The summed E-state index contributed by atoms with van der Waals surface area (Å²) in [5, 5.41) is 3.40. The number of piperazine rings is 1. The van der Waals surface area contributed by atoms with Crippen LogP contribution >= 0.6 is 12.4 Å². The van der Waals surface area contributed by atoms with Crippen molar-refractivity contribution in [2.24, 2.45) is 0 Å². The Balaban J connectivity index is 0.00000196. The van der Waals surface area contributed by atoms with Gasteiger partial charge in [-0.05, 0) is 24.3 Å². The highest BCUT2D eigenvalue weighted by Gasteiger charge is 2.27. The molecule has 0 amide bonds. The van der Waals surface area contributed by atoms with Crippen LogP contribution in [-0.4, -0.2) is 49.4 Å². The molecular formula is C18H21ClN4O3. The van der Waals surface area contributed by atoms with Gasteiger partial charge in [-0.1, -0.05) is 0 Å². The van der Waals surface area contributed by atoms with Crippen LogP contribution in [0.4, 0.5) is 6.01 Å². The molecule has 1 saturated heterocycles. The van der Waals surface area contributed by atoms with Crippen LogP contribution in [0.5, 0.6) is 11.5 Å². The largest absolute Gasteiger partial charge is 0.497 e. The Hall–Kier alpha value is -2.51. The Morgan fingerprint density at radius 2 is 2.23 bits per heavy atom. The summed E-state index contributed by atoms with van der Waals surface area (Å²) in [5.41, 5.74) is 1.54. The molecule has 3 heterocycles. The quantitative estimate of drug-likeness (QED) is 0.733. The first-order valence-corrected chi connectivity index (χ1v) is 8.28. The number of hydrogen-bond donors (Lipinski definition) is 1. The minimum atomic E-state index is 0. The number of fused-ring (bicyclic) bond motifs is 1. The monoisotopic (exact) mass is 376 g/mol. The first kappa shape index (κ1) is 18.3. The molecule has 1 N–H and O–H groups in total. The first-order valence-electron chi connectivity index (χ1n) is 8.28. The topological polar surface area (TPSA) is 72.7 Å². The van der Waals surface area contributed by atoms with Crippen molar-refractivity contribution < 1.29 is 13.9 Å². The summed E-state index contributed by atoms with van der Waals surface area (Å²) in [7, 11) is 1.64. The van der Waals surface area contributed by atoms with Crippen molar-refractivity contribution in [3.8, 4) is 11.5 Å². The van der Waals surface area contributed by atoms with Gasteiger partial charge in [0.15, 0.2) is 5.58 Å². The van der Waals surface area contributed by atoms with Gasteiger partial charge in [0.1, 0.15) is 23.6 Å². The molecule has 26 heavy (non-hydrogen) atoms. The summed E-state index contributed by atoms with van der Waals surface area (Å²) >= 11 is 0. The van der Waals surface area contributed by atoms with Gasteiger partial charge in [-0.25, -0.2) is 0 Å². The highest BCUT2D eigenvalue weighted by Crippen LogP contribution is 2.27. The fourth-order valence-corrected chi connectivity index (χ4v) is 2.93. The minimum Gasteiger partial charge on any atom is -0.497 e. The van der Waals surface area contributed by atoms with Gasteiger partial charge in [0.2, 0.25) is 0 Å². The summed E-state index contributed by atoms with van der Waals surface area (Å²) in [6, 6.07) is 10.2. The van der Waals surface area contributed by atoms with Gasteiger partial charge in [-0.2, -0.15) is 4.98 Å². The number of halogens is 1. The van der Waals surface area contributed by atoms with Crippen LogP contribution in [0.25, 0.3) is 11.1 Å². The number of nitrogens with one attached hydrogen (secondary N) is 1. The van der Waals surface area contributed by atoms with Gasteiger partial charge in [0, 0.05) is 31.9 Å². The number of oxazole rings is 1. The van der Waals surface area contributed by atoms with Crippen LogP contribution < -0.4 is 19.7 Å². The highest BCUT2D eigenvalue weighted by molar-refractivity contribution is 5.85. The lowest BCUT2D eigenvalue weighted by atomic mass is 10.2. The summed E-state index contributed by atoms with van der Waals surface area (Å²) in [4.78, 5) is 10.9. The SMILES string of the molecule is COc1ccc2nc(N3CCNC[C@H]3COc3cccnc3)oc2c1.Cl. The van der Waals surface area contributed by atoms with Crippen LogP contribution in [0.2, 0.25) is 0 Å². The molecule has 0 radical (unpaired) electrons. The molecule has 8 heteroatoms. The summed E-state index contributed by atoms with van der Waals surface area (Å²) in [6.45, 7) is 3.03. The van der Waals surface area contributed by atoms with Crippen molar-refractivity contribution in [3.63, 3.8) is 0 Å². The van der Waals surface area contributed by atoms with Crippen molar-refractivity contribution in [2.45, 2.75) is 6.04 Å². The van der Waals surface area contributed by atoms with E-state index >= 15 is 0 Å². The molecule has 138 valence electrons. The second kappa shape index (κ2) is 8.25. The maximum absolute atomic E-state index is 5.97. The van der Waals surface area contributed by atoms with E-state index in [2.05, 4.69) is 20.2 Å². The van der Waals surface area contributed by atoms with Crippen molar-refractivity contribution in [2.75, 3.05) is 38.3 Å². The number of benzene rings is 1. The Morgan fingerprint density at radius 1 is 1.31 bits per heavy atom. The second-order valence-electron chi connectivity index (χ2n) is 5.88. The number of nitrogens with zero attached hydrogens (tertiary/aromatic N) is 3. The Labute approximate surface area is 157 Å². The van der Waals surface area contributed by atoms with Crippen LogP contribution in [0.1, 0.15) is 0 Å². The summed E-state index contributed by atoms with van der Waals surface area (Å²) in [6.07, 6.45) is 3.44. The molecule has 1 fully saturated rings. The highest BCUT2D eigenvalue weighted by atomic mass is 35.5. The molecular weight excluding hydrogens is 356 g/mol. The van der Waals surface area contributed by atoms with Crippen LogP contribution in [0.3, 0.4) is 0 Å². The fraction of sp³-hybridized carbons (Fsp3) is 0.333. The number of ether oxygens (including phenoxy) is 2. The smallest absolute Gasteiger partial charge is 0.298 e. The Kier molecular flexibility index (Phi) is 5.80. The van der Waals surface area contributed by atoms with E-state index in [9.17, 15) is 0 Å². The molecule has 1 aliphatic heterocycles. The average Bonchev–Trinajstić information content (AvgIpc) is 3.10. The first-order chi connectivity index (χ1) is 12.3. The maximum Gasteiger partial charge on any atom is 0.298 e. The second-order valence-corrected chi connectivity index (χ2v) is 5.88. The Morgan fingerprint density at radius 3 is 3.04 bits per heavy atom. The predicted octanol–water partition coefficient (Wildman–Crippen LogP) is 2.51. The molecule has 1 atom stereocenters. The van der Waals surface area contributed by atoms with Gasteiger partial charge in [-0.15, -0.1) is 12.4 Å². The van der Waals surface area contributed by atoms with Gasteiger partial charge < -0.3 is 24.1 Å². The molecule has 1 aliphatic rings. The molecule has 7 nitrogen and oxygen atoms in total. The fourth-order valence-electron chi connectivity index (χ4n) is 2.93. The normalized spacial score (nSPS) is 17.0. The zero-order valence-electron chi connectivity index (χ0n) is 14.4. The molecule has 2 aromatic heterocycles. The van der Waals surface area contributed by atoms with Gasteiger partial charge >= 0.3 is 0 Å². The standard InChI is InChI=1S/C18H20N4O3.ClH/c1-23-14-4-5-16-17(9-14)25-18(21-16)22-8-7-20-10-13(22)12-24-15-3-2-6-19-11-15;/h2-6,9,11,13,20H,7-8,10,12H2,1H3;1H/t13-;/m0./s1. The van der Waals surface area contributed by atoms with Crippen molar-refractivity contribution in [3.05, 3.63) is 42.7 Å². The number of anilines is 1. The molecule has 0 bridgehead atoms. The minimum absolute atomic E-state index is 0. The van der Waals surface area contributed by atoms with Gasteiger partial charge in [0.05, 0.1) is 19.3 Å². The third kappa shape index (κ3) is 3.84. The van der Waals surface area contributed by atoms with Crippen LogP contribution in [-0.2, 0) is 0 Å². The lowest BCUT2D eigenvalue weighted by Crippen LogP contribution is -2.54. The van der Waals surface area contributed by atoms with Crippen molar-refractivity contribution in [1.82, 2.24) is 15.3 Å². The molecule has 3 aromatic rings. The van der Waals surface area contributed by atoms with E-state index in [1.54, 1.807) is 19.5 Å². The number of rotatable bonds is 5. The molecule has 0 unspecified atom stereocenters. The van der Waals surface area contributed by atoms with Crippen molar-refractivity contribution >= 4 is 29.5 Å². The van der Waals surface area contributed by atoms with Gasteiger partial charge in [0.25, 0.3) is 6.01 Å². The molecule has 0 aliphatic carbocycles. The third-order valence-electron chi connectivity index (χ3n) is 4.26. The van der Waals surface area contributed by atoms with E-state index in [0.717, 1.165) is 42.2 Å². The summed E-state index contributed by atoms with van der Waals surface area (Å²) in [5.74, 6) is 1.52. The Bertz CT molecular complexity index is 843. The molecule has 0 spiro atoms.